The van der Waals surface area contributed by atoms with Crippen LogP contribution in [-0.4, -0.2) is 112 Å². The maximum Gasteiger partial charge on any atom is 0.407 e. The Morgan fingerprint density at radius 1 is 1.08 bits per heavy atom. The van der Waals surface area contributed by atoms with Crippen LogP contribution in [0.3, 0.4) is 0 Å². The second-order valence-electron chi connectivity index (χ2n) is 12.8. The third-order valence-electron chi connectivity index (χ3n) is 9.64. The summed E-state index contributed by atoms with van der Waals surface area (Å²) in [6.07, 6.45) is 1.05. The highest BCUT2D eigenvalue weighted by molar-refractivity contribution is 7.89. The van der Waals surface area contributed by atoms with Crippen molar-refractivity contribution >= 4 is 22.0 Å². The fourth-order valence-corrected chi connectivity index (χ4v) is 8.58. The minimum Gasteiger partial charge on any atom is -0.497 e. The number of methoxy groups -OCH3 is 1. The van der Waals surface area contributed by atoms with Crippen molar-refractivity contribution in [2.45, 2.75) is 80.4 Å². The number of carbonyl (C=O) groups excluding carboxylic acids is 2. The first-order chi connectivity index (χ1) is 23.2. The molecule has 2 amide bonds. The van der Waals surface area contributed by atoms with E-state index in [1.54, 1.807) is 17.0 Å². The molecule has 0 aromatic heterocycles. The minimum absolute atomic E-state index is 0.00804. The summed E-state index contributed by atoms with van der Waals surface area (Å²) in [4.78, 5) is 27.9. The number of alkyl carbamates (subject to hydrolysis) is 1. The predicted molar refractivity (Wildman–Crippen MR) is 173 cm³/mol. The van der Waals surface area contributed by atoms with Crippen molar-refractivity contribution < 1.29 is 46.8 Å². The predicted octanol–water partition coefficient (Wildman–Crippen LogP) is 2.70. The number of benzene rings is 2. The molecule has 4 aliphatic heterocycles. The van der Waals surface area contributed by atoms with E-state index in [1.807, 2.05) is 30.3 Å². The number of rotatable bonds is 8. The number of fused-ring (bicyclic) bond motifs is 3. The van der Waals surface area contributed by atoms with E-state index >= 15 is 0 Å². The zero-order valence-electron chi connectivity index (χ0n) is 27.2. The van der Waals surface area contributed by atoms with Crippen molar-refractivity contribution in [3.05, 3.63) is 54.1 Å². The number of sulfonamides is 1. The molecule has 0 saturated carbocycles. The smallest absolute Gasteiger partial charge is 0.407 e. The minimum atomic E-state index is -4.28. The lowest BCUT2D eigenvalue weighted by Crippen LogP contribution is -2.53. The highest BCUT2D eigenvalue weighted by Gasteiger charge is 2.44. The van der Waals surface area contributed by atoms with E-state index in [9.17, 15) is 23.1 Å². The number of aliphatic hydroxyl groups excluding tert-OH is 1. The highest BCUT2D eigenvalue weighted by Crippen LogP contribution is 2.34. The molecule has 2 N–H and O–H groups in total. The topological polar surface area (TPSA) is 153 Å². The van der Waals surface area contributed by atoms with Crippen molar-refractivity contribution in [1.29, 1.82) is 0 Å². The molecule has 13 nitrogen and oxygen atoms in total. The van der Waals surface area contributed by atoms with Gasteiger partial charge in [-0.1, -0.05) is 30.3 Å². The number of β-amino-alcohol motifs (C(OH)–C–C–N with tert-alkyl or cyclic N) is 1. The molecule has 2 aromatic rings. The van der Waals surface area contributed by atoms with E-state index in [0.717, 1.165) is 18.4 Å². The molecule has 48 heavy (non-hydrogen) atoms. The third kappa shape index (κ3) is 7.89. The fourth-order valence-electron chi connectivity index (χ4n) is 6.98. The van der Waals surface area contributed by atoms with Gasteiger partial charge in [-0.2, -0.15) is 4.31 Å². The molecule has 4 aliphatic rings. The Morgan fingerprint density at radius 2 is 1.92 bits per heavy atom. The lowest BCUT2D eigenvalue weighted by Gasteiger charge is -2.33. The van der Waals surface area contributed by atoms with Crippen molar-refractivity contribution in [2.24, 2.45) is 5.92 Å². The first-order valence-electron chi connectivity index (χ1n) is 16.8. The van der Waals surface area contributed by atoms with E-state index in [4.69, 9.17) is 23.7 Å². The number of nitrogens with zero attached hydrogens (tertiary/aromatic N) is 2. The highest BCUT2D eigenvalue weighted by atomic mass is 32.2. The van der Waals surface area contributed by atoms with Gasteiger partial charge in [-0.25, -0.2) is 13.2 Å². The zero-order valence-corrected chi connectivity index (χ0v) is 28.0. The van der Waals surface area contributed by atoms with Crippen molar-refractivity contribution in [3.8, 4) is 11.5 Å². The van der Waals surface area contributed by atoms with Gasteiger partial charge in [-0.05, 0) is 56.2 Å². The Balaban J connectivity index is 1.28. The van der Waals surface area contributed by atoms with Crippen LogP contribution >= 0.6 is 0 Å². The first-order valence-corrected chi connectivity index (χ1v) is 18.2. The van der Waals surface area contributed by atoms with Crippen LogP contribution in [0.2, 0.25) is 0 Å². The second-order valence-corrected chi connectivity index (χ2v) is 14.7. The van der Waals surface area contributed by atoms with E-state index in [0.29, 0.717) is 51.2 Å². The van der Waals surface area contributed by atoms with Crippen LogP contribution in [-0.2, 0) is 35.4 Å². The Hall–Kier alpha value is -3.43. The summed E-state index contributed by atoms with van der Waals surface area (Å²) < 4.78 is 58.5. The summed E-state index contributed by atoms with van der Waals surface area (Å²) in [5, 5.41) is 14.6. The van der Waals surface area contributed by atoms with Gasteiger partial charge < -0.3 is 39.0 Å². The lowest BCUT2D eigenvalue weighted by molar-refractivity contribution is -0.129. The quantitative estimate of drug-likeness (QED) is 0.424. The average molecular weight is 688 g/mol. The largest absolute Gasteiger partial charge is 0.497 e. The first kappa shape index (κ1) is 34.4. The van der Waals surface area contributed by atoms with Gasteiger partial charge in [0.05, 0.1) is 45.0 Å². The van der Waals surface area contributed by atoms with E-state index in [-0.39, 0.29) is 54.6 Å². The van der Waals surface area contributed by atoms with Crippen molar-refractivity contribution in [2.75, 3.05) is 46.6 Å². The molecule has 3 saturated heterocycles. The Labute approximate surface area is 281 Å². The molecular formula is C34H45N3O10S. The molecule has 2 aromatic carbocycles. The molecule has 4 heterocycles. The number of ether oxygens (including phenoxy) is 5. The van der Waals surface area contributed by atoms with Gasteiger partial charge >= 0.3 is 6.09 Å². The van der Waals surface area contributed by atoms with Gasteiger partial charge in [0.25, 0.3) is 0 Å². The van der Waals surface area contributed by atoms with Crippen LogP contribution in [0.5, 0.6) is 11.5 Å². The van der Waals surface area contributed by atoms with Crippen LogP contribution in [0.25, 0.3) is 0 Å². The standard InChI is InChI=1S/C34H45N3O10S/c1-43-25-11-12-31-29(19-25)44-16-7-3-6-15-37-24(10-13-32(37)39)20-36(48(31,41)42)21-28(38)27(18-23-8-4-2-5-9-23)35-34(40)47-30-22-46-33-26(30)14-17-45-33/h2,4-5,8-9,11-12,19,24,26-28,30,33,38H,3,6-7,10,13-18,20-22H2,1H3,(H,35,40)/t24-,26-,27-,28+,30-,33+/m0/s1. The molecule has 0 bridgehead atoms. The number of hydrogen-bond acceptors (Lipinski definition) is 10. The normalized spacial score (nSPS) is 27.2. The summed E-state index contributed by atoms with van der Waals surface area (Å²) in [6.45, 7) is 1.17. The van der Waals surface area contributed by atoms with E-state index in [2.05, 4.69) is 5.32 Å². The molecule has 0 unspecified atom stereocenters. The van der Waals surface area contributed by atoms with Gasteiger partial charge in [0, 0.05) is 38.2 Å². The third-order valence-corrected chi connectivity index (χ3v) is 11.5. The number of nitrogens with one attached hydrogen (secondary N) is 1. The molecule has 6 atom stereocenters. The second kappa shape index (κ2) is 15.4. The monoisotopic (exact) mass is 687 g/mol. The van der Waals surface area contributed by atoms with Crippen LogP contribution in [0.1, 0.15) is 44.1 Å². The molecule has 14 heteroatoms. The number of carbonyl (C=O) groups is 2. The summed E-state index contributed by atoms with van der Waals surface area (Å²) in [6, 6.07) is 12.6. The van der Waals surface area contributed by atoms with E-state index in [1.165, 1.54) is 17.5 Å². The maximum atomic E-state index is 14.5. The Bertz CT molecular complexity index is 1530. The molecule has 262 valence electrons. The molecule has 0 spiro atoms. The molecular weight excluding hydrogens is 642 g/mol. The summed E-state index contributed by atoms with van der Waals surface area (Å²) in [5.74, 6) is 0.526. The summed E-state index contributed by atoms with van der Waals surface area (Å²) in [5.41, 5.74) is 0.835. The van der Waals surface area contributed by atoms with Crippen LogP contribution in [0.4, 0.5) is 4.79 Å². The number of hydrogen-bond donors (Lipinski definition) is 2. The van der Waals surface area contributed by atoms with Gasteiger partial charge in [0.15, 0.2) is 6.29 Å². The van der Waals surface area contributed by atoms with Gasteiger partial charge in [0.1, 0.15) is 22.5 Å². The average Bonchev–Trinajstić information content (AvgIpc) is 3.79. The molecule has 0 radical (unpaired) electrons. The number of amides is 2. The van der Waals surface area contributed by atoms with Gasteiger partial charge in [0.2, 0.25) is 15.9 Å². The Kier molecular flexibility index (Phi) is 11.1. The van der Waals surface area contributed by atoms with Crippen molar-refractivity contribution in [1.82, 2.24) is 14.5 Å². The summed E-state index contributed by atoms with van der Waals surface area (Å²) in [7, 11) is -2.79. The maximum absolute atomic E-state index is 14.5. The molecule has 6 rings (SSSR count). The van der Waals surface area contributed by atoms with Gasteiger partial charge in [-0.15, -0.1) is 0 Å². The van der Waals surface area contributed by atoms with Gasteiger partial charge in [-0.3, -0.25) is 4.79 Å². The van der Waals surface area contributed by atoms with E-state index < -0.39 is 40.7 Å². The fraction of sp³-hybridized carbons (Fsp3) is 0.588. The Morgan fingerprint density at radius 3 is 2.73 bits per heavy atom. The zero-order chi connectivity index (χ0) is 33.7. The van der Waals surface area contributed by atoms with Crippen molar-refractivity contribution in [3.63, 3.8) is 0 Å². The number of aliphatic hydroxyl groups is 1. The molecule has 0 aliphatic carbocycles. The summed E-state index contributed by atoms with van der Waals surface area (Å²) >= 11 is 0. The van der Waals surface area contributed by atoms with Crippen LogP contribution < -0.4 is 14.8 Å². The lowest BCUT2D eigenvalue weighted by atomic mass is 10.0. The van der Waals surface area contributed by atoms with Crippen LogP contribution in [0.15, 0.2) is 53.4 Å². The SMILES string of the molecule is COc1ccc2c(c1)OCCCCCN1C(=O)CC[C@H]1CN(C[C@@H](O)[C@H](Cc1ccccc1)NC(=O)O[C@H]1CO[C@H]3OCC[C@H]31)S2(=O)=O. The molecule has 3 fully saturated rings. The van der Waals surface area contributed by atoms with Crippen LogP contribution in [0, 0.1) is 5.92 Å².